The van der Waals surface area contributed by atoms with Crippen LogP contribution in [-0.2, 0) is 19.3 Å². The molecule has 236 valence electrons. The zero-order valence-electron chi connectivity index (χ0n) is 22.7. The summed E-state index contributed by atoms with van der Waals surface area (Å²) >= 11 is 0.506. The fourth-order valence-corrected chi connectivity index (χ4v) is 5.39. The first-order valence-corrected chi connectivity index (χ1v) is 13.4. The number of aromatic nitrogens is 3. The summed E-state index contributed by atoms with van der Waals surface area (Å²) in [4.78, 5) is 28.6. The zero-order valence-corrected chi connectivity index (χ0v) is 23.5. The topological polar surface area (TPSA) is 125 Å². The number of hydrogen-bond acceptors (Lipinski definition) is 7. The Kier molecular flexibility index (Phi) is 8.03. The van der Waals surface area contributed by atoms with Crippen molar-refractivity contribution in [2.45, 2.75) is 33.2 Å². The number of hydrogen-bond donors (Lipinski definition) is 2. The van der Waals surface area contributed by atoms with Gasteiger partial charge in [-0.05, 0) is 37.6 Å². The van der Waals surface area contributed by atoms with Gasteiger partial charge in [-0.1, -0.05) is 0 Å². The maximum Gasteiger partial charge on any atom is 0.433 e. The number of anilines is 1. The van der Waals surface area contributed by atoms with Gasteiger partial charge in [-0.2, -0.15) is 27.1 Å². The maximum atomic E-state index is 13.9. The maximum absolute atomic E-state index is 13.9. The van der Waals surface area contributed by atoms with Crippen LogP contribution in [0, 0.1) is 36.0 Å². The average Bonchev–Trinajstić information content (AvgIpc) is 3.71. The predicted octanol–water partition coefficient (Wildman–Crippen LogP) is 6.73. The second-order valence-corrected chi connectivity index (χ2v) is 10.3. The molecule has 4 heterocycles. The summed E-state index contributed by atoms with van der Waals surface area (Å²) in [5.74, 6) is -15.8. The highest BCUT2D eigenvalue weighted by Crippen LogP contribution is 2.44. The molecule has 0 unspecified atom stereocenters. The van der Waals surface area contributed by atoms with Crippen molar-refractivity contribution < 1.29 is 53.9 Å². The number of ether oxygens (including phenoxy) is 1. The number of nitrogens with one attached hydrogen (secondary N) is 1. The number of rotatable bonds is 8. The van der Waals surface area contributed by atoms with Gasteiger partial charge in [-0.25, -0.2) is 18.2 Å². The molecule has 0 aliphatic carbocycles. The summed E-state index contributed by atoms with van der Waals surface area (Å²) in [7, 11) is 0. The number of halogens is 8. The molecule has 0 saturated carbocycles. The van der Waals surface area contributed by atoms with E-state index in [0.717, 1.165) is 18.2 Å². The number of fused-ring (bicyclic) bond motifs is 1. The Bertz CT molecular complexity index is 1970. The first-order chi connectivity index (χ1) is 21.1. The molecule has 3 N–H and O–H groups in total. The van der Waals surface area contributed by atoms with Crippen LogP contribution in [-0.4, -0.2) is 26.6 Å². The quantitative estimate of drug-likeness (QED) is 0.108. The summed E-state index contributed by atoms with van der Waals surface area (Å²) in [6.45, 7) is 2.89. The Hall–Kier alpha value is -5.00. The van der Waals surface area contributed by atoms with Gasteiger partial charge in [0.25, 0.3) is 11.8 Å². The molecule has 0 atom stereocenters. The van der Waals surface area contributed by atoms with E-state index in [2.05, 4.69) is 15.4 Å². The number of carbonyl (C=O) groups is 2. The van der Waals surface area contributed by atoms with Crippen LogP contribution in [0.15, 0.2) is 28.8 Å². The van der Waals surface area contributed by atoms with Crippen molar-refractivity contribution in [3.63, 3.8) is 0 Å². The minimum absolute atomic E-state index is 0.0460. The molecule has 4 aromatic heterocycles. The number of alkyl halides is 3. The third kappa shape index (κ3) is 5.56. The van der Waals surface area contributed by atoms with Crippen molar-refractivity contribution in [3.8, 4) is 16.9 Å². The van der Waals surface area contributed by atoms with Gasteiger partial charge in [0.2, 0.25) is 29.1 Å². The highest BCUT2D eigenvalue weighted by Gasteiger charge is 2.36. The van der Waals surface area contributed by atoms with E-state index in [-0.39, 0.29) is 37.7 Å². The van der Waals surface area contributed by atoms with E-state index in [1.54, 1.807) is 13.8 Å². The lowest BCUT2D eigenvalue weighted by Gasteiger charge is -2.12. The molecule has 9 nitrogen and oxygen atoms in total. The molecule has 5 aromatic rings. The number of thiophene rings is 1. The third-order valence-corrected chi connectivity index (χ3v) is 7.62. The summed E-state index contributed by atoms with van der Waals surface area (Å²) < 4.78 is 121. The molecule has 0 aliphatic rings. The Balaban J connectivity index is 1.52. The highest BCUT2D eigenvalue weighted by atomic mass is 32.1. The molecule has 45 heavy (non-hydrogen) atoms. The number of nitrogens with zero attached hydrogens (tertiary/aromatic N) is 3. The van der Waals surface area contributed by atoms with Crippen LogP contribution in [0.3, 0.4) is 0 Å². The molecule has 0 radical (unpaired) electrons. The van der Waals surface area contributed by atoms with E-state index in [1.807, 2.05) is 0 Å². The van der Waals surface area contributed by atoms with E-state index >= 15 is 0 Å². The lowest BCUT2D eigenvalue weighted by Crippen LogP contribution is -2.16. The van der Waals surface area contributed by atoms with Crippen molar-refractivity contribution in [1.29, 1.82) is 0 Å². The van der Waals surface area contributed by atoms with Gasteiger partial charge >= 0.3 is 6.18 Å². The number of nitrogens with two attached hydrogens (primary N) is 1. The zero-order chi connectivity index (χ0) is 33.0. The van der Waals surface area contributed by atoms with E-state index < -0.39 is 70.9 Å². The molecule has 1 aromatic carbocycles. The summed E-state index contributed by atoms with van der Waals surface area (Å²) in [6.07, 6.45) is -3.55. The van der Waals surface area contributed by atoms with Crippen molar-refractivity contribution >= 4 is 39.1 Å². The summed E-state index contributed by atoms with van der Waals surface area (Å²) in [6, 6.07) is 2.90. The van der Waals surface area contributed by atoms with Gasteiger partial charge < -0.3 is 20.2 Å². The van der Waals surface area contributed by atoms with Gasteiger partial charge in [0.05, 0.1) is 11.9 Å². The van der Waals surface area contributed by atoms with Crippen LogP contribution in [0.25, 0.3) is 21.3 Å². The molecule has 5 rings (SSSR count). The Morgan fingerprint density at radius 1 is 1.04 bits per heavy atom. The molecular formula is C27H17F8N5O4S. The standard InChI is InChI=1S/C27H17F8N5O4S/c1-3-40-9(2)12(7-37-40)11-6-14(27(33,34)35)38-26-15(11)21(23(45-26)24(36)41)39-25(42)13-5-4-10(44-13)8-43-22-19(31)17(29)16(28)18(30)20(22)32/h4-7H,3,8H2,1-2H3,(H2,36,41)(H,39,42). The number of benzene rings is 1. The van der Waals surface area contributed by atoms with Gasteiger partial charge in [-0.15, -0.1) is 11.3 Å². The minimum atomic E-state index is -4.87. The van der Waals surface area contributed by atoms with Gasteiger partial charge in [0.1, 0.15) is 27.8 Å². The second-order valence-electron chi connectivity index (χ2n) is 9.27. The third-order valence-electron chi connectivity index (χ3n) is 6.52. The number of furan rings is 1. The molecule has 18 heteroatoms. The van der Waals surface area contributed by atoms with Crippen molar-refractivity contribution in [2.24, 2.45) is 5.73 Å². The molecule has 0 bridgehead atoms. The normalized spacial score (nSPS) is 11.8. The smallest absolute Gasteiger partial charge is 0.433 e. The summed E-state index contributed by atoms with van der Waals surface area (Å²) in [5.41, 5.74) is 4.62. The van der Waals surface area contributed by atoms with Crippen molar-refractivity contribution in [3.05, 3.63) is 81.3 Å². The predicted molar refractivity (Wildman–Crippen MR) is 142 cm³/mol. The summed E-state index contributed by atoms with van der Waals surface area (Å²) in [5, 5.41) is 6.51. The molecular weight excluding hydrogens is 642 g/mol. The Labute approximate surface area is 250 Å². The lowest BCUT2D eigenvalue weighted by atomic mass is 10.0. The minimum Gasteiger partial charge on any atom is -0.479 e. The van der Waals surface area contributed by atoms with E-state index in [9.17, 15) is 44.7 Å². The van der Waals surface area contributed by atoms with E-state index in [4.69, 9.17) is 14.9 Å². The second kappa shape index (κ2) is 11.5. The van der Waals surface area contributed by atoms with Crippen molar-refractivity contribution in [1.82, 2.24) is 14.8 Å². The van der Waals surface area contributed by atoms with Gasteiger partial charge in [-0.3, -0.25) is 14.3 Å². The molecule has 0 spiro atoms. The van der Waals surface area contributed by atoms with Crippen LogP contribution in [0.2, 0.25) is 0 Å². The van der Waals surface area contributed by atoms with Gasteiger partial charge in [0, 0.05) is 23.2 Å². The number of pyridine rings is 1. The first kappa shape index (κ1) is 31.4. The van der Waals surface area contributed by atoms with Crippen LogP contribution in [0.4, 0.5) is 40.8 Å². The first-order valence-electron chi connectivity index (χ1n) is 12.6. The molecule has 0 saturated heterocycles. The monoisotopic (exact) mass is 659 g/mol. The van der Waals surface area contributed by atoms with Crippen LogP contribution < -0.4 is 15.8 Å². The van der Waals surface area contributed by atoms with Crippen molar-refractivity contribution in [2.75, 3.05) is 5.32 Å². The van der Waals surface area contributed by atoms with E-state index in [0.29, 0.717) is 23.6 Å². The molecule has 2 amide bonds. The number of aryl methyl sites for hydroxylation is 1. The molecule has 0 fully saturated rings. The number of carbonyl (C=O) groups excluding carboxylic acids is 2. The fraction of sp³-hybridized carbons (Fsp3) is 0.185. The molecule has 0 aliphatic heterocycles. The Morgan fingerprint density at radius 2 is 1.69 bits per heavy atom. The number of amides is 2. The fourth-order valence-electron chi connectivity index (χ4n) is 4.39. The lowest BCUT2D eigenvalue weighted by molar-refractivity contribution is -0.140. The van der Waals surface area contributed by atoms with E-state index in [1.165, 1.54) is 10.9 Å². The average molecular weight is 660 g/mol. The number of primary amides is 1. The highest BCUT2D eigenvalue weighted by molar-refractivity contribution is 7.21. The van der Waals surface area contributed by atoms with Crippen LogP contribution in [0.1, 0.15) is 44.3 Å². The Morgan fingerprint density at radius 3 is 2.27 bits per heavy atom. The SMILES string of the molecule is CCn1ncc(-c2cc(C(F)(F)F)nc3sc(C(N)=O)c(NC(=O)c4ccc(COc5c(F)c(F)c(F)c(F)c5F)o4)c23)c1C. The van der Waals surface area contributed by atoms with Crippen LogP contribution in [0.5, 0.6) is 5.75 Å². The van der Waals surface area contributed by atoms with Gasteiger partial charge in [0.15, 0.2) is 11.5 Å². The largest absolute Gasteiger partial charge is 0.479 e. The van der Waals surface area contributed by atoms with Crippen LogP contribution >= 0.6 is 11.3 Å².